The molecule has 0 saturated heterocycles. The number of halogens is 3. The Morgan fingerprint density at radius 3 is 2.41 bits per heavy atom. The van der Waals surface area contributed by atoms with Gasteiger partial charge in [0, 0.05) is 5.69 Å². The van der Waals surface area contributed by atoms with Gasteiger partial charge in [0.25, 0.3) is 0 Å². The van der Waals surface area contributed by atoms with E-state index in [9.17, 15) is 13.2 Å². The first kappa shape index (κ1) is 20.2. The van der Waals surface area contributed by atoms with Crippen molar-refractivity contribution in [3.05, 3.63) is 48.0 Å². The molecule has 0 bridgehead atoms. The molecule has 0 spiro atoms. The van der Waals surface area contributed by atoms with E-state index < -0.39 is 6.36 Å². The van der Waals surface area contributed by atoms with Crippen LogP contribution in [0.2, 0.25) is 0 Å². The maximum atomic E-state index is 12.1. The van der Waals surface area contributed by atoms with Gasteiger partial charge in [-0.25, -0.2) is 4.99 Å². The number of guanidine groups is 1. The maximum Gasteiger partial charge on any atom is 0.573 e. The van der Waals surface area contributed by atoms with Crippen LogP contribution in [0.3, 0.4) is 0 Å². The molecule has 0 aliphatic rings. The summed E-state index contributed by atoms with van der Waals surface area (Å²) in [4.78, 5) is 4.20. The predicted molar refractivity (Wildman–Crippen MR) is 96.2 cm³/mol. The van der Waals surface area contributed by atoms with Crippen LogP contribution in [-0.2, 0) is 6.54 Å². The Labute approximate surface area is 154 Å². The summed E-state index contributed by atoms with van der Waals surface area (Å²) in [5.74, 6) is 1.04. The van der Waals surface area contributed by atoms with Crippen LogP contribution in [0, 0.1) is 0 Å². The number of nitrogens with zero attached hydrogens (tertiary/aromatic N) is 1. The molecule has 2 rings (SSSR count). The fraction of sp³-hybridized carbons (Fsp3) is 0.278. The number of methoxy groups -OCH3 is 1. The van der Waals surface area contributed by atoms with E-state index in [-0.39, 0.29) is 18.3 Å². The first-order valence-electron chi connectivity index (χ1n) is 8.03. The van der Waals surface area contributed by atoms with Gasteiger partial charge in [-0.2, -0.15) is 0 Å². The molecule has 0 aliphatic heterocycles. The average molecular weight is 383 g/mol. The Hall–Kier alpha value is -3.10. The molecule has 0 atom stereocenters. The molecule has 0 heterocycles. The van der Waals surface area contributed by atoms with Crippen LogP contribution in [0.25, 0.3) is 0 Å². The summed E-state index contributed by atoms with van der Waals surface area (Å²) >= 11 is 0. The number of aliphatic imine (C=N–C) groups is 1. The maximum absolute atomic E-state index is 12.1. The van der Waals surface area contributed by atoms with Crippen LogP contribution in [-0.4, -0.2) is 26.0 Å². The summed E-state index contributed by atoms with van der Waals surface area (Å²) in [7, 11) is 1.55. The lowest BCUT2D eigenvalue weighted by atomic mass is 10.2. The number of hydrogen-bond acceptors (Lipinski definition) is 4. The van der Waals surface area contributed by atoms with E-state index in [4.69, 9.17) is 15.2 Å². The van der Waals surface area contributed by atoms with E-state index in [0.717, 1.165) is 5.56 Å². The van der Waals surface area contributed by atoms with Crippen molar-refractivity contribution in [3.8, 4) is 17.2 Å². The molecule has 2 aromatic carbocycles. The molecule has 0 amide bonds. The minimum atomic E-state index is -4.73. The van der Waals surface area contributed by atoms with Gasteiger partial charge >= 0.3 is 6.36 Å². The molecule has 0 fully saturated rings. The third-order valence-corrected chi connectivity index (χ3v) is 3.32. The zero-order valence-corrected chi connectivity index (χ0v) is 14.8. The molecule has 0 aliphatic carbocycles. The Balaban J connectivity index is 1.97. The summed E-state index contributed by atoms with van der Waals surface area (Å²) < 4.78 is 51.0. The number of alkyl halides is 3. The SMILES string of the molecule is CCOc1ccc(CN=C(N)Nc2ccc(OC(F)(F)F)cc2)cc1OC. The van der Waals surface area contributed by atoms with Gasteiger partial charge in [-0.05, 0) is 48.9 Å². The van der Waals surface area contributed by atoms with E-state index in [1.807, 2.05) is 13.0 Å². The molecule has 2 aromatic rings. The second kappa shape index (κ2) is 9.02. The van der Waals surface area contributed by atoms with Crippen LogP contribution in [0.1, 0.15) is 12.5 Å². The van der Waals surface area contributed by atoms with Gasteiger partial charge in [0.2, 0.25) is 0 Å². The number of nitrogens with one attached hydrogen (secondary N) is 1. The minimum absolute atomic E-state index is 0.118. The fourth-order valence-electron chi connectivity index (χ4n) is 2.19. The first-order valence-corrected chi connectivity index (χ1v) is 8.03. The van der Waals surface area contributed by atoms with Gasteiger partial charge in [0.15, 0.2) is 17.5 Å². The quantitative estimate of drug-likeness (QED) is 0.560. The molecule has 0 aromatic heterocycles. The summed E-state index contributed by atoms with van der Waals surface area (Å²) in [5, 5.41) is 2.80. The molecule has 9 heteroatoms. The van der Waals surface area contributed by atoms with Gasteiger partial charge in [-0.15, -0.1) is 13.2 Å². The lowest BCUT2D eigenvalue weighted by molar-refractivity contribution is -0.274. The zero-order chi connectivity index (χ0) is 19.9. The molecular weight excluding hydrogens is 363 g/mol. The van der Waals surface area contributed by atoms with Gasteiger partial charge in [-0.1, -0.05) is 6.07 Å². The molecule has 0 unspecified atom stereocenters. The first-order chi connectivity index (χ1) is 12.8. The Morgan fingerprint density at radius 1 is 1.11 bits per heavy atom. The topological polar surface area (TPSA) is 78.1 Å². The fourth-order valence-corrected chi connectivity index (χ4v) is 2.19. The molecular formula is C18H20F3N3O3. The second-order valence-corrected chi connectivity index (χ2v) is 5.32. The van der Waals surface area contributed by atoms with Crippen molar-refractivity contribution >= 4 is 11.6 Å². The second-order valence-electron chi connectivity index (χ2n) is 5.32. The highest BCUT2D eigenvalue weighted by molar-refractivity contribution is 5.92. The average Bonchev–Trinajstić information content (AvgIpc) is 2.61. The van der Waals surface area contributed by atoms with Crippen LogP contribution < -0.4 is 25.3 Å². The third kappa shape index (κ3) is 6.61. The van der Waals surface area contributed by atoms with Crippen molar-refractivity contribution in [3.63, 3.8) is 0 Å². The van der Waals surface area contributed by atoms with Gasteiger partial charge in [0.05, 0.1) is 20.3 Å². The van der Waals surface area contributed by atoms with E-state index in [1.165, 1.54) is 24.3 Å². The van der Waals surface area contributed by atoms with Gasteiger partial charge in [0.1, 0.15) is 5.75 Å². The van der Waals surface area contributed by atoms with E-state index in [0.29, 0.717) is 23.8 Å². The molecule has 27 heavy (non-hydrogen) atoms. The van der Waals surface area contributed by atoms with Crippen molar-refractivity contribution in [2.75, 3.05) is 19.0 Å². The number of benzene rings is 2. The normalized spacial score (nSPS) is 11.8. The van der Waals surface area contributed by atoms with Crippen molar-refractivity contribution in [1.82, 2.24) is 0 Å². The van der Waals surface area contributed by atoms with Gasteiger partial charge in [-0.3, -0.25) is 0 Å². The lowest BCUT2D eigenvalue weighted by Crippen LogP contribution is -2.22. The molecule has 3 N–H and O–H groups in total. The van der Waals surface area contributed by atoms with Crippen LogP contribution >= 0.6 is 0 Å². The molecule has 6 nitrogen and oxygen atoms in total. The van der Waals surface area contributed by atoms with Crippen molar-refractivity contribution in [2.45, 2.75) is 19.8 Å². The number of nitrogens with two attached hydrogens (primary N) is 1. The number of rotatable bonds is 7. The highest BCUT2D eigenvalue weighted by Gasteiger charge is 2.30. The van der Waals surface area contributed by atoms with Crippen LogP contribution in [0.5, 0.6) is 17.2 Å². The summed E-state index contributed by atoms with van der Waals surface area (Å²) in [6.07, 6.45) is -4.73. The number of anilines is 1. The Bertz CT molecular complexity index is 778. The lowest BCUT2D eigenvalue weighted by Gasteiger charge is -2.11. The molecule has 146 valence electrons. The highest BCUT2D eigenvalue weighted by Crippen LogP contribution is 2.28. The molecule has 0 radical (unpaired) electrons. The zero-order valence-electron chi connectivity index (χ0n) is 14.8. The summed E-state index contributed by atoms with van der Waals surface area (Å²) in [5.41, 5.74) is 7.15. The Kier molecular flexibility index (Phi) is 6.75. The van der Waals surface area contributed by atoms with E-state index in [1.54, 1.807) is 19.2 Å². The summed E-state index contributed by atoms with van der Waals surface area (Å²) in [6.45, 7) is 2.69. The minimum Gasteiger partial charge on any atom is -0.493 e. The Morgan fingerprint density at radius 2 is 1.81 bits per heavy atom. The highest BCUT2D eigenvalue weighted by atomic mass is 19.4. The van der Waals surface area contributed by atoms with Crippen molar-refractivity contribution < 1.29 is 27.4 Å². The van der Waals surface area contributed by atoms with Crippen molar-refractivity contribution in [1.29, 1.82) is 0 Å². The van der Waals surface area contributed by atoms with E-state index in [2.05, 4.69) is 15.0 Å². The summed E-state index contributed by atoms with van der Waals surface area (Å²) in [6, 6.07) is 10.6. The third-order valence-electron chi connectivity index (χ3n) is 3.32. The van der Waals surface area contributed by atoms with Gasteiger partial charge < -0.3 is 25.3 Å². The smallest absolute Gasteiger partial charge is 0.493 e. The number of hydrogen-bond donors (Lipinski definition) is 2. The standard InChI is InChI=1S/C18H20F3N3O3/c1-3-26-15-9-4-12(10-16(15)25-2)11-23-17(22)24-13-5-7-14(8-6-13)27-18(19,20)21/h4-10H,3,11H2,1-2H3,(H3,22,23,24). The van der Waals surface area contributed by atoms with Crippen LogP contribution in [0.15, 0.2) is 47.5 Å². The number of ether oxygens (including phenoxy) is 3. The monoisotopic (exact) mass is 383 g/mol. The predicted octanol–water partition coefficient (Wildman–Crippen LogP) is 3.92. The largest absolute Gasteiger partial charge is 0.573 e. The van der Waals surface area contributed by atoms with Crippen molar-refractivity contribution in [2.24, 2.45) is 10.7 Å². The van der Waals surface area contributed by atoms with Crippen LogP contribution in [0.4, 0.5) is 18.9 Å². The molecule has 0 saturated carbocycles. The van der Waals surface area contributed by atoms with E-state index >= 15 is 0 Å².